The van der Waals surface area contributed by atoms with E-state index in [0.29, 0.717) is 10.9 Å². The van der Waals surface area contributed by atoms with Gasteiger partial charge in [-0.15, -0.1) is 0 Å². The maximum Gasteiger partial charge on any atom is 0.213 e. The van der Waals surface area contributed by atoms with Crippen LogP contribution in [-0.4, -0.2) is 32.5 Å². The van der Waals surface area contributed by atoms with Crippen LogP contribution in [0, 0.1) is 4.77 Å². The number of aromatic nitrogens is 3. The Labute approximate surface area is 153 Å². The fraction of sp³-hybridized carbons (Fsp3) is 0.526. The van der Waals surface area contributed by atoms with Gasteiger partial charge < -0.3 is 9.72 Å². The first-order valence-electron chi connectivity index (χ1n) is 9.17. The van der Waals surface area contributed by atoms with Crippen molar-refractivity contribution < 1.29 is 4.74 Å². The largest absolute Gasteiger partial charge is 0.474 e. The Balaban J connectivity index is 1.35. The summed E-state index contributed by atoms with van der Waals surface area (Å²) in [5, 5.41) is 0. The standard InChI is InChI=1S/C19H24N4OS/c25-19-21-11-15-13-23(9-8-17(15)22-19)12-14-6-7-18(20-10-14)24-16-4-2-1-3-5-16/h6-7,10-11,16H,1-5,8-9,12-13H2,(H,21,22,25). The molecule has 1 fully saturated rings. The molecule has 3 heterocycles. The Kier molecular flexibility index (Phi) is 5.08. The summed E-state index contributed by atoms with van der Waals surface area (Å²) in [4.78, 5) is 14.3. The topological polar surface area (TPSA) is 54.0 Å². The number of rotatable bonds is 4. The van der Waals surface area contributed by atoms with Gasteiger partial charge in [-0.1, -0.05) is 12.5 Å². The third kappa shape index (κ3) is 4.25. The van der Waals surface area contributed by atoms with E-state index in [1.165, 1.54) is 36.1 Å². The highest BCUT2D eigenvalue weighted by molar-refractivity contribution is 7.71. The molecule has 2 aliphatic rings. The molecule has 2 aromatic rings. The first kappa shape index (κ1) is 16.7. The highest BCUT2D eigenvalue weighted by Gasteiger charge is 2.18. The molecule has 0 saturated heterocycles. The van der Waals surface area contributed by atoms with Crippen LogP contribution in [0.4, 0.5) is 0 Å². The first-order chi connectivity index (χ1) is 12.3. The molecule has 0 bridgehead atoms. The minimum absolute atomic E-state index is 0.351. The summed E-state index contributed by atoms with van der Waals surface area (Å²) in [5.74, 6) is 0.761. The van der Waals surface area contributed by atoms with Crippen LogP contribution in [0.3, 0.4) is 0 Å². The van der Waals surface area contributed by atoms with E-state index in [2.05, 4.69) is 25.9 Å². The van der Waals surface area contributed by atoms with Gasteiger partial charge in [0.15, 0.2) is 4.77 Å². The number of nitrogens with one attached hydrogen (secondary N) is 1. The third-order valence-electron chi connectivity index (χ3n) is 5.10. The number of hydrogen-bond donors (Lipinski definition) is 1. The molecule has 1 aliphatic heterocycles. The minimum Gasteiger partial charge on any atom is -0.474 e. The maximum absolute atomic E-state index is 6.01. The van der Waals surface area contributed by atoms with Crippen molar-refractivity contribution in [1.29, 1.82) is 0 Å². The molecule has 5 nitrogen and oxygen atoms in total. The number of pyridine rings is 1. The van der Waals surface area contributed by atoms with Crippen LogP contribution in [0.25, 0.3) is 0 Å². The maximum atomic E-state index is 6.01. The van der Waals surface area contributed by atoms with E-state index >= 15 is 0 Å². The fourth-order valence-electron chi connectivity index (χ4n) is 3.73. The van der Waals surface area contributed by atoms with Gasteiger partial charge in [-0.3, -0.25) is 4.90 Å². The van der Waals surface area contributed by atoms with Crippen LogP contribution in [0.1, 0.15) is 48.9 Å². The molecule has 0 unspecified atom stereocenters. The van der Waals surface area contributed by atoms with Crippen molar-refractivity contribution in [1.82, 2.24) is 19.9 Å². The number of H-pyrrole nitrogens is 1. The lowest BCUT2D eigenvalue weighted by atomic mass is 9.98. The Bertz CT molecular complexity index is 768. The molecule has 0 atom stereocenters. The van der Waals surface area contributed by atoms with E-state index in [1.807, 2.05) is 18.5 Å². The van der Waals surface area contributed by atoms with Gasteiger partial charge in [0.1, 0.15) is 6.10 Å². The third-order valence-corrected chi connectivity index (χ3v) is 5.31. The molecule has 1 aliphatic carbocycles. The Morgan fingerprint density at radius 2 is 2.04 bits per heavy atom. The van der Waals surface area contributed by atoms with Crippen LogP contribution >= 0.6 is 12.2 Å². The van der Waals surface area contributed by atoms with Gasteiger partial charge in [0.25, 0.3) is 0 Å². The van der Waals surface area contributed by atoms with E-state index in [4.69, 9.17) is 17.0 Å². The summed E-state index contributed by atoms with van der Waals surface area (Å²) in [7, 11) is 0. The minimum atomic E-state index is 0.351. The fourth-order valence-corrected chi connectivity index (χ4v) is 3.90. The van der Waals surface area contributed by atoms with Crippen molar-refractivity contribution in [3.8, 4) is 5.88 Å². The van der Waals surface area contributed by atoms with Crippen LogP contribution < -0.4 is 4.74 Å². The predicted molar refractivity (Wildman–Crippen MR) is 99.0 cm³/mol. The van der Waals surface area contributed by atoms with Gasteiger partial charge >= 0.3 is 0 Å². The quantitative estimate of drug-likeness (QED) is 0.845. The normalized spacial score (nSPS) is 18.7. The molecule has 6 heteroatoms. The van der Waals surface area contributed by atoms with Crippen molar-refractivity contribution in [3.63, 3.8) is 0 Å². The monoisotopic (exact) mass is 356 g/mol. The highest BCUT2D eigenvalue weighted by Crippen LogP contribution is 2.23. The van der Waals surface area contributed by atoms with E-state index in [-0.39, 0.29) is 0 Å². The van der Waals surface area contributed by atoms with E-state index in [1.54, 1.807) is 0 Å². The second kappa shape index (κ2) is 7.62. The van der Waals surface area contributed by atoms with Gasteiger partial charge in [0, 0.05) is 55.8 Å². The van der Waals surface area contributed by atoms with Gasteiger partial charge in [-0.2, -0.15) is 0 Å². The summed E-state index contributed by atoms with van der Waals surface area (Å²) < 4.78 is 6.59. The average molecular weight is 356 g/mol. The number of ether oxygens (including phenoxy) is 1. The molecule has 0 aromatic carbocycles. The predicted octanol–water partition coefficient (Wildman–Crippen LogP) is 3.80. The summed E-state index contributed by atoms with van der Waals surface area (Å²) in [6.45, 7) is 2.81. The molecule has 25 heavy (non-hydrogen) atoms. The zero-order valence-corrected chi connectivity index (χ0v) is 15.2. The zero-order chi connectivity index (χ0) is 17.1. The van der Waals surface area contributed by atoms with Crippen LogP contribution in [0.2, 0.25) is 0 Å². The SMILES string of the molecule is S=c1ncc2c([nH]1)CCN(Cc1ccc(OC3CCCCC3)nc1)C2. The lowest BCUT2D eigenvalue weighted by molar-refractivity contribution is 0.148. The molecule has 132 valence electrons. The number of fused-ring (bicyclic) bond motifs is 1. The molecular formula is C19H24N4OS. The Morgan fingerprint density at radius 3 is 2.84 bits per heavy atom. The van der Waals surface area contributed by atoms with Gasteiger partial charge in [0.2, 0.25) is 5.88 Å². The number of nitrogens with zero attached hydrogens (tertiary/aromatic N) is 3. The average Bonchev–Trinajstić information content (AvgIpc) is 2.64. The van der Waals surface area contributed by atoms with Crippen molar-refractivity contribution in [2.24, 2.45) is 0 Å². The molecule has 0 spiro atoms. The van der Waals surface area contributed by atoms with Crippen LogP contribution in [0.5, 0.6) is 5.88 Å². The summed E-state index contributed by atoms with van der Waals surface area (Å²) in [5.41, 5.74) is 3.69. The molecule has 4 rings (SSSR count). The Hall–Kier alpha value is -1.79. The van der Waals surface area contributed by atoms with Crippen molar-refractivity contribution in [2.45, 2.75) is 57.7 Å². The molecule has 1 saturated carbocycles. The van der Waals surface area contributed by atoms with Crippen molar-refractivity contribution in [3.05, 3.63) is 46.1 Å². The summed E-state index contributed by atoms with van der Waals surface area (Å²) >= 11 is 5.10. The molecular weight excluding hydrogens is 332 g/mol. The molecule has 2 aromatic heterocycles. The van der Waals surface area contributed by atoms with E-state index in [9.17, 15) is 0 Å². The van der Waals surface area contributed by atoms with Gasteiger partial charge in [0.05, 0.1) is 0 Å². The van der Waals surface area contributed by atoms with E-state index in [0.717, 1.165) is 44.8 Å². The van der Waals surface area contributed by atoms with Crippen molar-refractivity contribution >= 4 is 12.2 Å². The van der Waals surface area contributed by atoms with E-state index < -0.39 is 0 Å². The zero-order valence-electron chi connectivity index (χ0n) is 14.4. The molecule has 0 radical (unpaired) electrons. The summed E-state index contributed by atoms with van der Waals surface area (Å²) in [6.07, 6.45) is 11.4. The number of hydrogen-bond acceptors (Lipinski definition) is 5. The van der Waals surface area contributed by atoms with Crippen LogP contribution in [-0.2, 0) is 19.5 Å². The van der Waals surface area contributed by atoms with Crippen LogP contribution in [0.15, 0.2) is 24.5 Å². The number of aromatic amines is 1. The van der Waals surface area contributed by atoms with Crippen molar-refractivity contribution in [2.75, 3.05) is 6.54 Å². The Morgan fingerprint density at radius 1 is 1.16 bits per heavy atom. The lowest BCUT2D eigenvalue weighted by Gasteiger charge is -2.28. The highest BCUT2D eigenvalue weighted by atomic mass is 32.1. The molecule has 1 N–H and O–H groups in total. The summed E-state index contributed by atoms with van der Waals surface area (Å²) in [6, 6.07) is 4.15. The van der Waals surface area contributed by atoms with Gasteiger partial charge in [-0.05, 0) is 43.5 Å². The second-order valence-electron chi connectivity index (χ2n) is 7.04. The molecule has 0 amide bonds. The second-order valence-corrected chi connectivity index (χ2v) is 7.42. The smallest absolute Gasteiger partial charge is 0.213 e. The lowest BCUT2D eigenvalue weighted by Crippen LogP contribution is -2.30. The first-order valence-corrected chi connectivity index (χ1v) is 9.58. The van der Waals surface area contributed by atoms with Gasteiger partial charge in [-0.25, -0.2) is 9.97 Å².